The first-order chi connectivity index (χ1) is 26.4. The summed E-state index contributed by atoms with van der Waals surface area (Å²) >= 11 is 0. The Balaban J connectivity index is 1.27. The van der Waals surface area contributed by atoms with E-state index in [1.165, 1.54) is 6.33 Å². The lowest BCUT2D eigenvalue weighted by atomic mass is 9.80. The molecule has 12 heteroatoms. The topological polar surface area (TPSA) is 130 Å². The van der Waals surface area contributed by atoms with Crippen LogP contribution in [0.2, 0.25) is 18.1 Å². The van der Waals surface area contributed by atoms with E-state index in [1.54, 1.807) is 42.3 Å². The normalized spacial score (nSPS) is 19.0. The quantitative estimate of drug-likeness (QED) is 0.0951. The molecule has 4 aromatic carbocycles. The van der Waals surface area contributed by atoms with Crippen molar-refractivity contribution < 1.29 is 28.5 Å². The number of ether oxygens (including phenoxy) is 3. The summed E-state index contributed by atoms with van der Waals surface area (Å²) in [6, 6.07) is 36.8. The minimum Gasteiger partial charge on any atom is -0.497 e. The monoisotopic (exact) mass is 757 g/mol. The van der Waals surface area contributed by atoms with Gasteiger partial charge in [0.15, 0.2) is 31.5 Å². The summed E-state index contributed by atoms with van der Waals surface area (Å²) in [5, 5.41) is 15.0. The van der Waals surface area contributed by atoms with Crippen LogP contribution in [0.4, 0.5) is 5.82 Å². The van der Waals surface area contributed by atoms with Crippen LogP contribution < -0.4 is 10.1 Å². The average molecular weight is 758 g/mol. The average Bonchev–Trinajstić information content (AvgIpc) is 3.76. The van der Waals surface area contributed by atoms with Gasteiger partial charge in [-0.25, -0.2) is 15.0 Å². The molecule has 7 rings (SSSR count). The maximum absolute atomic E-state index is 13.1. The third-order valence-corrected chi connectivity index (χ3v) is 15.2. The highest BCUT2D eigenvalue weighted by Gasteiger charge is 2.52. The number of fused-ring (bicyclic) bond motifs is 1. The van der Waals surface area contributed by atoms with E-state index in [-0.39, 0.29) is 23.4 Å². The number of carbonyl (C=O) groups is 1. The Morgan fingerprint density at radius 2 is 1.42 bits per heavy atom. The van der Waals surface area contributed by atoms with E-state index >= 15 is 0 Å². The number of nitrogens with zero attached hydrogens (tertiary/aromatic N) is 4. The molecule has 11 nitrogen and oxygen atoms in total. The first-order valence-electron chi connectivity index (χ1n) is 18.4. The lowest BCUT2D eigenvalue weighted by Gasteiger charge is -2.40. The van der Waals surface area contributed by atoms with Crippen LogP contribution in [0.1, 0.15) is 54.0 Å². The highest BCUT2D eigenvalue weighted by Crippen LogP contribution is 2.45. The number of methoxy groups -OCH3 is 1. The van der Waals surface area contributed by atoms with Gasteiger partial charge in [0.2, 0.25) is 0 Å². The van der Waals surface area contributed by atoms with Crippen molar-refractivity contribution in [2.24, 2.45) is 0 Å². The predicted molar refractivity (Wildman–Crippen MR) is 213 cm³/mol. The lowest BCUT2D eigenvalue weighted by Crippen LogP contribution is -2.49. The van der Waals surface area contributed by atoms with Crippen LogP contribution in [0.25, 0.3) is 11.2 Å². The molecular weight excluding hydrogens is 711 g/mol. The molecule has 284 valence electrons. The second-order valence-electron chi connectivity index (χ2n) is 15.2. The number of nitrogens with one attached hydrogen (secondary N) is 1. The first kappa shape index (κ1) is 38.0. The number of carbonyl (C=O) groups excluding carboxylic acids is 1. The number of aromatic nitrogens is 4. The molecule has 55 heavy (non-hydrogen) atoms. The molecule has 2 N–H and O–H groups in total. The molecule has 6 aromatic rings. The summed E-state index contributed by atoms with van der Waals surface area (Å²) in [5.74, 6) is 0.657. The van der Waals surface area contributed by atoms with E-state index < -0.39 is 38.5 Å². The fraction of sp³-hybridized carbons (Fsp3) is 0.302. The Bertz CT molecular complexity index is 2170. The Labute approximate surface area is 322 Å². The molecule has 0 spiro atoms. The highest BCUT2D eigenvalue weighted by molar-refractivity contribution is 6.74. The SMILES string of the molecule is COc1ccc(C(OC[C@H]2OC(n3cnc4c(NC(=O)c5ccccc5)ncnc43)[C@H](O[Si](C)(C)C(C)(C)C)[C@@H]2O)(c2ccccc2)c2ccccc2)cc1. The van der Waals surface area contributed by atoms with Crippen molar-refractivity contribution in [1.82, 2.24) is 19.5 Å². The third-order valence-electron chi connectivity index (χ3n) is 10.8. The number of aliphatic hydroxyl groups excluding tert-OH is 1. The van der Waals surface area contributed by atoms with E-state index in [9.17, 15) is 9.90 Å². The van der Waals surface area contributed by atoms with Crippen LogP contribution in [-0.4, -0.2) is 70.9 Å². The molecule has 1 aliphatic heterocycles. The van der Waals surface area contributed by atoms with Gasteiger partial charge in [0.05, 0.1) is 20.0 Å². The number of amides is 1. The van der Waals surface area contributed by atoms with Crippen LogP contribution in [0.15, 0.2) is 128 Å². The van der Waals surface area contributed by atoms with Gasteiger partial charge in [-0.3, -0.25) is 9.36 Å². The Morgan fingerprint density at radius 1 is 0.836 bits per heavy atom. The summed E-state index contributed by atoms with van der Waals surface area (Å²) < 4.78 is 28.2. The van der Waals surface area contributed by atoms with E-state index in [2.05, 4.69) is 54.1 Å². The van der Waals surface area contributed by atoms with Crippen LogP contribution >= 0.6 is 0 Å². The van der Waals surface area contributed by atoms with Gasteiger partial charge in [-0.15, -0.1) is 0 Å². The fourth-order valence-electron chi connectivity index (χ4n) is 6.75. The maximum atomic E-state index is 13.1. The zero-order chi connectivity index (χ0) is 38.8. The summed E-state index contributed by atoms with van der Waals surface area (Å²) in [7, 11) is -0.835. The smallest absolute Gasteiger partial charge is 0.256 e. The van der Waals surface area contributed by atoms with Crippen molar-refractivity contribution in [2.45, 2.75) is 69.0 Å². The van der Waals surface area contributed by atoms with Gasteiger partial charge in [0, 0.05) is 5.56 Å². The van der Waals surface area contributed by atoms with Gasteiger partial charge in [-0.1, -0.05) is 112 Å². The summed E-state index contributed by atoms with van der Waals surface area (Å²) in [5.41, 5.74) is 2.90. The van der Waals surface area contributed by atoms with Crippen molar-refractivity contribution in [3.63, 3.8) is 0 Å². The molecule has 1 amide bonds. The molecule has 2 aromatic heterocycles. The molecule has 1 aliphatic rings. The van der Waals surface area contributed by atoms with Crippen LogP contribution in [0, 0.1) is 0 Å². The highest BCUT2D eigenvalue weighted by atomic mass is 28.4. The van der Waals surface area contributed by atoms with Gasteiger partial charge in [-0.05, 0) is 59.1 Å². The molecular formula is C43H47N5O6Si. The molecule has 0 bridgehead atoms. The van der Waals surface area contributed by atoms with Crippen molar-refractivity contribution >= 4 is 31.2 Å². The Hall–Kier alpha value is -5.24. The molecule has 1 unspecified atom stereocenters. The number of aliphatic hydroxyl groups is 1. The summed E-state index contributed by atoms with van der Waals surface area (Å²) in [4.78, 5) is 26.6. The van der Waals surface area contributed by atoms with E-state index in [0.29, 0.717) is 16.7 Å². The molecule has 3 heterocycles. The van der Waals surface area contributed by atoms with Gasteiger partial charge in [0.25, 0.3) is 5.91 Å². The lowest BCUT2D eigenvalue weighted by molar-refractivity contribution is -0.0940. The van der Waals surface area contributed by atoms with Crippen LogP contribution in [-0.2, 0) is 19.5 Å². The van der Waals surface area contributed by atoms with Gasteiger partial charge in [0.1, 0.15) is 36.0 Å². The van der Waals surface area contributed by atoms with E-state index in [1.807, 2.05) is 91.0 Å². The second-order valence-corrected chi connectivity index (χ2v) is 20.0. The Morgan fingerprint density at radius 3 is 2.00 bits per heavy atom. The van der Waals surface area contributed by atoms with Crippen molar-refractivity contribution in [3.05, 3.63) is 150 Å². The van der Waals surface area contributed by atoms with Crippen molar-refractivity contribution in [1.29, 1.82) is 0 Å². The summed E-state index contributed by atoms with van der Waals surface area (Å²) in [6.45, 7) is 10.8. The molecule has 4 atom stereocenters. The maximum Gasteiger partial charge on any atom is 0.256 e. The van der Waals surface area contributed by atoms with E-state index in [0.717, 1.165) is 22.4 Å². The van der Waals surface area contributed by atoms with Gasteiger partial charge < -0.3 is 29.1 Å². The van der Waals surface area contributed by atoms with Crippen molar-refractivity contribution in [2.75, 3.05) is 19.0 Å². The number of imidazole rings is 1. The third kappa shape index (κ3) is 7.43. The first-order valence-corrected chi connectivity index (χ1v) is 21.3. The van der Waals surface area contributed by atoms with Crippen molar-refractivity contribution in [3.8, 4) is 5.75 Å². The summed E-state index contributed by atoms with van der Waals surface area (Å²) in [6.07, 6.45) is -0.570. The molecule has 0 aliphatic carbocycles. The van der Waals surface area contributed by atoms with E-state index in [4.69, 9.17) is 18.6 Å². The number of benzene rings is 4. The fourth-order valence-corrected chi connectivity index (χ4v) is 8.04. The number of hydrogen-bond donors (Lipinski definition) is 2. The molecule has 0 saturated carbocycles. The predicted octanol–water partition coefficient (Wildman–Crippen LogP) is 7.74. The van der Waals surface area contributed by atoms with Gasteiger partial charge in [-0.2, -0.15) is 0 Å². The molecule has 0 radical (unpaired) electrons. The minimum absolute atomic E-state index is 0.00480. The standard InChI is InChI=1S/C43H47N5O6Si/c1-42(2,3)55(5,6)54-37-36(49)34(53-41(37)48-28-46-35-38(44-27-45-39(35)48)47-40(50)29-16-10-7-11-17-29)26-52-43(30-18-12-8-13-19-30,31-20-14-9-15-21-31)32-22-24-33(51-4)25-23-32/h7-25,27-28,34,36-37,41,49H,26H2,1-6H3,(H,44,45,47,50)/t34-,36-,37-,41?/m1/s1. The molecule has 1 saturated heterocycles. The van der Waals surface area contributed by atoms with Gasteiger partial charge >= 0.3 is 0 Å². The largest absolute Gasteiger partial charge is 0.497 e. The number of rotatable bonds is 12. The second kappa shape index (κ2) is 15.5. The zero-order valence-corrected chi connectivity index (χ0v) is 32.9. The number of anilines is 1. The molecule has 1 fully saturated rings. The van der Waals surface area contributed by atoms with Crippen LogP contribution in [0.5, 0.6) is 5.75 Å². The zero-order valence-electron chi connectivity index (χ0n) is 31.9. The Kier molecular flexibility index (Phi) is 10.7. The van der Waals surface area contributed by atoms with Crippen LogP contribution in [0.3, 0.4) is 0 Å². The number of hydrogen-bond acceptors (Lipinski definition) is 9. The minimum atomic E-state index is -2.48.